The van der Waals surface area contributed by atoms with Crippen LogP contribution in [0, 0.1) is 13.8 Å². The number of aryl methyl sites for hydroxylation is 2. The third-order valence-electron chi connectivity index (χ3n) is 3.05. The molecule has 1 saturated heterocycles. The molecule has 0 spiro atoms. The van der Waals surface area contributed by atoms with Gasteiger partial charge in [0, 0.05) is 13.6 Å². The lowest BCUT2D eigenvalue weighted by Crippen LogP contribution is -2.40. The summed E-state index contributed by atoms with van der Waals surface area (Å²) in [6.07, 6.45) is 0.491. The van der Waals surface area contributed by atoms with Gasteiger partial charge in [-0.15, -0.1) is 0 Å². The Morgan fingerprint density at radius 1 is 1.44 bits per heavy atom. The third kappa shape index (κ3) is 2.13. The molecule has 7 nitrogen and oxygen atoms in total. The molecule has 0 aliphatic carbocycles. The normalized spacial score (nSPS) is 20.7. The van der Waals surface area contributed by atoms with Crippen LogP contribution in [0.2, 0.25) is 0 Å². The van der Waals surface area contributed by atoms with Crippen molar-refractivity contribution in [3.05, 3.63) is 11.4 Å². The molecule has 1 atom stereocenters. The average Bonchev–Trinajstić information content (AvgIpc) is 2.76. The van der Waals surface area contributed by atoms with Crippen LogP contribution in [-0.4, -0.2) is 49.1 Å². The lowest BCUT2D eigenvalue weighted by Gasteiger charge is -2.12. The van der Waals surface area contributed by atoms with E-state index in [0.717, 1.165) is 0 Å². The Morgan fingerprint density at radius 2 is 2.11 bits per heavy atom. The summed E-state index contributed by atoms with van der Waals surface area (Å²) in [5.74, 6) is -0.197. The smallest absolute Gasteiger partial charge is 0.244 e. The molecule has 100 valence electrons. The van der Waals surface area contributed by atoms with Gasteiger partial charge in [0.05, 0.1) is 11.4 Å². The second-order valence-corrected chi connectivity index (χ2v) is 6.14. The van der Waals surface area contributed by atoms with E-state index in [-0.39, 0.29) is 10.8 Å². The van der Waals surface area contributed by atoms with Crippen LogP contribution in [0.15, 0.2) is 4.90 Å². The molecule has 1 aromatic rings. The van der Waals surface area contributed by atoms with Crippen LogP contribution in [0.4, 0.5) is 0 Å². The molecule has 1 aliphatic heterocycles. The highest BCUT2D eigenvalue weighted by molar-refractivity contribution is 7.89. The minimum absolute atomic E-state index is 0.129. The summed E-state index contributed by atoms with van der Waals surface area (Å²) in [6, 6.07) is -0.673. The van der Waals surface area contributed by atoms with Crippen LogP contribution >= 0.6 is 0 Å². The van der Waals surface area contributed by atoms with E-state index < -0.39 is 16.1 Å². The quantitative estimate of drug-likeness (QED) is 0.778. The Kier molecular flexibility index (Phi) is 3.16. The van der Waals surface area contributed by atoms with Gasteiger partial charge in [-0.25, -0.2) is 8.42 Å². The van der Waals surface area contributed by atoms with Gasteiger partial charge in [-0.05, 0) is 20.3 Å². The van der Waals surface area contributed by atoms with Crippen LogP contribution < -0.4 is 4.72 Å². The van der Waals surface area contributed by atoms with E-state index in [9.17, 15) is 13.2 Å². The molecule has 2 rings (SSSR count). The minimum atomic E-state index is -3.71. The number of aromatic nitrogens is 2. The lowest BCUT2D eigenvalue weighted by atomic mass is 10.3. The molecule has 2 N–H and O–H groups in total. The van der Waals surface area contributed by atoms with E-state index in [1.807, 2.05) is 0 Å². The molecule has 1 fully saturated rings. The van der Waals surface area contributed by atoms with Crippen LogP contribution in [0.25, 0.3) is 0 Å². The average molecular weight is 272 g/mol. The molecule has 0 radical (unpaired) electrons. The fraction of sp³-hybridized carbons (Fsp3) is 0.600. The van der Waals surface area contributed by atoms with E-state index in [2.05, 4.69) is 14.9 Å². The number of sulfonamides is 1. The summed E-state index contributed by atoms with van der Waals surface area (Å²) in [4.78, 5) is 13.3. The number of hydrogen-bond donors (Lipinski definition) is 2. The first-order valence-electron chi connectivity index (χ1n) is 5.62. The van der Waals surface area contributed by atoms with Gasteiger partial charge in [-0.2, -0.15) is 9.82 Å². The van der Waals surface area contributed by atoms with Crippen molar-refractivity contribution in [2.24, 2.45) is 0 Å². The van der Waals surface area contributed by atoms with Crippen molar-refractivity contribution in [1.29, 1.82) is 0 Å². The van der Waals surface area contributed by atoms with E-state index in [1.165, 1.54) is 4.90 Å². The van der Waals surface area contributed by atoms with Gasteiger partial charge in [-0.1, -0.05) is 0 Å². The Hall–Kier alpha value is -1.41. The second kappa shape index (κ2) is 4.36. The molecule has 1 amide bonds. The van der Waals surface area contributed by atoms with Gasteiger partial charge in [0.25, 0.3) is 0 Å². The van der Waals surface area contributed by atoms with E-state index in [1.54, 1.807) is 20.9 Å². The molecule has 1 unspecified atom stereocenters. The molecular weight excluding hydrogens is 256 g/mol. The van der Waals surface area contributed by atoms with Crippen LogP contribution in [-0.2, 0) is 14.8 Å². The maximum atomic E-state index is 12.2. The Balaban J connectivity index is 2.26. The summed E-state index contributed by atoms with van der Waals surface area (Å²) in [6.45, 7) is 3.81. The summed E-state index contributed by atoms with van der Waals surface area (Å²) in [5, 5.41) is 6.47. The first kappa shape index (κ1) is 13.0. The molecule has 2 heterocycles. The number of carbonyl (C=O) groups is 1. The summed E-state index contributed by atoms with van der Waals surface area (Å²) in [5.41, 5.74) is 0.873. The molecule has 0 saturated carbocycles. The standard InChI is InChI=1S/C10H16N4O3S/c1-6-9(7(2)12-11-6)18(16,17)13-8-4-5-14(3)10(8)15/h8,13H,4-5H2,1-3H3,(H,11,12). The molecule has 18 heavy (non-hydrogen) atoms. The van der Waals surface area contributed by atoms with Gasteiger partial charge < -0.3 is 4.90 Å². The number of amides is 1. The molecule has 0 bridgehead atoms. The Morgan fingerprint density at radius 3 is 2.56 bits per heavy atom. The highest BCUT2D eigenvalue weighted by Gasteiger charge is 2.34. The zero-order chi connectivity index (χ0) is 13.5. The minimum Gasteiger partial charge on any atom is -0.344 e. The number of likely N-dealkylation sites (tertiary alicyclic amines) is 1. The van der Waals surface area contributed by atoms with Crippen LogP contribution in [0.5, 0.6) is 0 Å². The summed E-state index contributed by atoms with van der Waals surface area (Å²) < 4.78 is 26.8. The highest BCUT2D eigenvalue weighted by Crippen LogP contribution is 2.18. The zero-order valence-corrected chi connectivity index (χ0v) is 11.3. The molecule has 1 aromatic heterocycles. The molecular formula is C10H16N4O3S. The number of rotatable bonds is 3. The van der Waals surface area contributed by atoms with Gasteiger partial charge in [0.1, 0.15) is 10.9 Å². The number of aromatic amines is 1. The van der Waals surface area contributed by atoms with E-state index in [4.69, 9.17) is 0 Å². The monoisotopic (exact) mass is 272 g/mol. The zero-order valence-electron chi connectivity index (χ0n) is 10.5. The third-order valence-corrected chi connectivity index (χ3v) is 4.79. The molecule has 1 aliphatic rings. The van der Waals surface area contributed by atoms with E-state index >= 15 is 0 Å². The van der Waals surface area contributed by atoms with Crippen LogP contribution in [0.1, 0.15) is 17.8 Å². The van der Waals surface area contributed by atoms with Crippen molar-refractivity contribution in [3.63, 3.8) is 0 Å². The number of H-pyrrole nitrogens is 1. The number of nitrogens with one attached hydrogen (secondary N) is 2. The first-order valence-corrected chi connectivity index (χ1v) is 7.10. The fourth-order valence-electron chi connectivity index (χ4n) is 2.11. The summed E-state index contributed by atoms with van der Waals surface area (Å²) >= 11 is 0. The van der Waals surface area contributed by atoms with Crippen LogP contribution in [0.3, 0.4) is 0 Å². The lowest BCUT2D eigenvalue weighted by molar-refractivity contribution is -0.127. The molecule has 0 aromatic carbocycles. The number of likely N-dealkylation sites (N-methyl/N-ethyl adjacent to an activating group) is 1. The summed E-state index contributed by atoms with van der Waals surface area (Å²) in [7, 11) is -2.05. The van der Waals surface area contributed by atoms with Gasteiger partial charge >= 0.3 is 0 Å². The van der Waals surface area contributed by atoms with Gasteiger partial charge in [-0.3, -0.25) is 9.89 Å². The second-order valence-electron chi connectivity index (χ2n) is 4.49. The number of nitrogens with zero attached hydrogens (tertiary/aromatic N) is 2. The number of carbonyl (C=O) groups excluding carboxylic acids is 1. The Labute approximate surface area is 106 Å². The van der Waals surface area contributed by atoms with Gasteiger partial charge in [0.15, 0.2) is 0 Å². The van der Waals surface area contributed by atoms with Crippen molar-refractivity contribution < 1.29 is 13.2 Å². The number of hydrogen-bond acceptors (Lipinski definition) is 4. The predicted octanol–water partition coefficient (Wildman–Crippen LogP) is -0.464. The predicted molar refractivity (Wildman–Crippen MR) is 64.4 cm³/mol. The Bertz CT molecular complexity index is 558. The fourth-order valence-corrected chi connectivity index (χ4v) is 3.71. The van der Waals surface area contributed by atoms with Crippen molar-refractivity contribution in [2.75, 3.05) is 13.6 Å². The van der Waals surface area contributed by atoms with E-state index in [0.29, 0.717) is 24.4 Å². The largest absolute Gasteiger partial charge is 0.344 e. The van der Waals surface area contributed by atoms with Crippen molar-refractivity contribution >= 4 is 15.9 Å². The molecule has 8 heteroatoms. The maximum Gasteiger partial charge on any atom is 0.244 e. The SMILES string of the molecule is Cc1n[nH]c(C)c1S(=O)(=O)NC1CCN(C)C1=O. The topological polar surface area (TPSA) is 95.2 Å². The van der Waals surface area contributed by atoms with Gasteiger partial charge in [0.2, 0.25) is 15.9 Å². The van der Waals surface area contributed by atoms with Crippen molar-refractivity contribution in [2.45, 2.75) is 31.2 Å². The highest BCUT2D eigenvalue weighted by atomic mass is 32.2. The first-order chi connectivity index (χ1) is 8.33. The van der Waals surface area contributed by atoms with Crippen molar-refractivity contribution in [1.82, 2.24) is 19.8 Å². The maximum absolute atomic E-state index is 12.2. The van der Waals surface area contributed by atoms with Crippen molar-refractivity contribution in [3.8, 4) is 0 Å².